The third-order valence-corrected chi connectivity index (χ3v) is 2.82. The van der Waals surface area contributed by atoms with Crippen LogP contribution in [0.2, 0.25) is 0 Å². The third kappa shape index (κ3) is 1.93. The molecule has 1 aromatic carbocycles. The van der Waals surface area contributed by atoms with Crippen molar-refractivity contribution in [1.29, 1.82) is 5.26 Å². The summed E-state index contributed by atoms with van der Waals surface area (Å²) in [7, 11) is 0.249. The molecule has 1 atom stereocenters. The largest absolute Gasteiger partial charge is 0.192 e. The minimum absolute atomic E-state index is 0.249. The summed E-state index contributed by atoms with van der Waals surface area (Å²) in [6, 6.07) is 7.63. The molecule has 0 radical (unpaired) electrons. The molecule has 0 bridgehead atoms. The van der Waals surface area contributed by atoms with E-state index in [1.165, 1.54) is 0 Å². The third-order valence-electron chi connectivity index (χ3n) is 1.47. The summed E-state index contributed by atoms with van der Waals surface area (Å²) in [5, 5.41) is 9.62. The summed E-state index contributed by atoms with van der Waals surface area (Å²) < 4.78 is 0. The van der Waals surface area contributed by atoms with Crippen LogP contribution in [0.1, 0.15) is 11.1 Å². The van der Waals surface area contributed by atoms with Crippen LogP contribution in [0.15, 0.2) is 18.2 Å². The second kappa shape index (κ2) is 3.72. The quantitative estimate of drug-likeness (QED) is 0.613. The van der Waals surface area contributed by atoms with Crippen LogP contribution in [0.3, 0.4) is 0 Å². The number of rotatable bonds is 1. The molecular weight excluding hydrogens is 177 g/mol. The van der Waals surface area contributed by atoms with Gasteiger partial charge in [-0.1, -0.05) is 17.3 Å². The lowest BCUT2D eigenvalue weighted by atomic mass is 10.2. The van der Waals surface area contributed by atoms with E-state index < -0.39 is 0 Å². The Labute approximate surface area is 72.6 Å². The Kier molecular flexibility index (Phi) is 2.88. The molecule has 0 aromatic heterocycles. The van der Waals surface area contributed by atoms with E-state index in [0.717, 1.165) is 10.9 Å². The van der Waals surface area contributed by atoms with Crippen LogP contribution in [0, 0.1) is 18.3 Å². The smallest absolute Gasteiger partial charge is 0.0991 e. The zero-order valence-electron chi connectivity index (χ0n) is 6.06. The minimum atomic E-state index is 0.249. The van der Waals surface area contributed by atoms with Crippen molar-refractivity contribution in [1.82, 2.24) is 0 Å². The molecule has 0 aliphatic rings. The lowest BCUT2D eigenvalue weighted by Crippen LogP contribution is -1.98. The van der Waals surface area contributed by atoms with E-state index in [2.05, 4.69) is 6.07 Å². The van der Waals surface area contributed by atoms with Crippen LogP contribution >= 0.6 is 19.2 Å². The lowest BCUT2D eigenvalue weighted by Gasteiger charge is -1.99. The number of halogens is 1. The molecule has 0 aliphatic heterocycles. The van der Waals surface area contributed by atoms with E-state index in [9.17, 15) is 0 Å². The number of aryl methyl sites for hydroxylation is 1. The van der Waals surface area contributed by atoms with Gasteiger partial charge in [-0.2, -0.15) is 5.26 Å². The Morgan fingerprint density at radius 3 is 2.82 bits per heavy atom. The second-order valence-corrected chi connectivity index (χ2v) is 3.53. The highest BCUT2D eigenvalue weighted by Gasteiger charge is 1.97. The fourth-order valence-corrected chi connectivity index (χ4v) is 1.85. The molecule has 0 N–H and O–H groups in total. The Balaban J connectivity index is 3.15. The molecule has 0 heterocycles. The molecule has 1 aromatic rings. The summed E-state index contributed by atoms with van der Waals surface area (Å²) in [5.41, 5.74) is 1.83. The van der Waals surface area contributed by atoms with Gasteiger partial charge in [-0.15, -0.1) is 0 Å². The van der Waals surface area contributed by atoms with Crippen LogP contribution in [-0.4, -0.2) is 0 Å². The van der Waals surface area contributed by atoms with Gasteiger partial charge in [0.2, 0.25) is 0 Å². The Bertz CT molecular complexity index is 303. The molecule has 0 aliphatic carbocycles. The second-order valence-electron chi connectivity index (χ2n) is 2.24. The molecule has 1 unspecified atom stereocenters. The number of nitrogens with zero attached hydrogens (tertiary/aromatic N) is 1. The van der Waals surface area contributed by atoms with Crippen LogP contribution in [0.5, 0.6) is 0 Å². The highest BCUT2D eigenvalue weighted by molar-refractivity contribution is 7.75. The van der Waals surface area contributed by atoms with Gasteiger partial charge in [0.05, 0.1) is 11.6 Å². The van der Waals surface area contributed by atoms with Crippen molar-refractivity contribution in [2.45, 2.75) is 6.92 Å². The van der Waals surface area contributed by atoms with Crippen molar-refractivity contribution < 1.29 is 0 Å². The van der Waals surface area contributed by atoms with Crippen LogP contribution < -0.4 is 5.30 Å². The summed E-state index contributed by atoms with van der Waals surface area (Å²) in [6.45, 7) is 1.99. The maximum absolute atomic E-state index is 8.56. The topological polar surface area (TPSA) is 23.8 Å². The SMILES string of the molecule is Cc1ccc(C#N)cc1PCl. The predicted molar refractivity (Wildman–Crippen MR) is 49.7 cm³/mol. The molecule has 0 saturated carbocycles. The minimum Gasteiger partial charge on any atom is -0.192 e. The monoisotopic (exact) mass is 183 g/mol. The maximum Gasteiger partial charge on any atom is 0.0991 e. The van der Waals surface area contributed by atoms with Gasteiger partial charge in [-0.05, 0) is 29.9 Å². The van der Waals surface area contributed by atoms with Crippen molar-refractivity contribution in [3.8, 4) is 6.07 Å². The molecule has 0 saturated heterocycles. The molecular formula is C8H7ClNP. The predicted octanol–water partition coefficient (Wildman–Crippen LogP) is 2.32. The van der Waals surface area contributed by atoms with Crippen molar-refractivity contribution in [2.75, 3.05) is 0 Å². The van der Waals surface area contributed by atoms with Crippen LogP contribution in [0.4, 0.5) is 0 Å². The highest BCUT2D eigenvalue weighted by Crippen LogP contribution is 2.18. The number of benzene rings is 1. The van der Waals surface area contributed by atoms with Crippen LogP contribution in [-0.2, 0) is 0 Å². The normalized spacial score (nSPS) is 10.3. The van der Waals surface area contributed by atoms with Gasteiger partial charge in [0.15, 0.2) is 0 Å². The first-order chi connectivity index (χ1) is 5.27. The molecule has 3 heteroatoms. The van der Waals surface area contributed by atoms with Gasteiger partial charge in [-0.25, -0.2) is 0 Å². The van der Waals surface area contributed by atoms with Crippen molar-refractivity contribution in [3.63, 3.8) is 0 Å². The summed E-state index contributed by atoms with van der Waals surface area (Å²) in [4.78, 5) is 0. The molecule has 1 nitrogen and oxygen atoms in total. The van der Waals surface area contributed by atoms with E-state index in [-0.39, 0.29) is 7.93 Å². The zero-order valence-corrected chi connectivity index (χ0v) is 7.81. The molecule has 0 fully saturated rings. The number of nitriles is 1. The first-order valence-electron chi connectivity index (χ1n) is 3.15. The Hall–Kier alpha value is -0.570. The Morgan fingerprint density at radius 2 is 2.27 bits per heavy atom. The van der Waals surface area contributed by atoms with Gasteiger partial charge in [0.1, 0.15) is 0 Å². The lowest BCUT2D eigenvalue weighted by molar-refractivity contribution is 1.46. The zero-order chi connectivity index (χ0) is 8.27. The van der Waals surface area contributed by atoms with Gasteiger partial charge in [0, 0.05) is 7.93 Å². The standard InChI is InChI=1S/C8H7ClNP/c1-6-2-3-7(5-10)4-8(6)11-9/h2-4,11H,1H3. The van der Waals surface area contributed by atoms with Crippen molar-refractivity contribution in [2.24, 2.45) is 0 Å². The maximum atomic E-state index is 8.56. The number of hydrogen-bond donors (Lipinski definition) is 0. The van der Waals surface area contributed by atoms with Gasteiger partial charge in [0.25, 0.3) is 0 Å². The van der Waals surface area contributed by atoms with E-state index in [1.54, 1.807) is 6.07 Å². The fourth-order valence-electron chi connectivity index (χ4n) is 0.793. The van der Waals surface area contributed by atoms with Crippen molar-refractivity contribution >= 4 is 24.5 Å². The van der Waals surface area contributed by atoms with E-state index in [4.69, 9.17) is 16.5 Å². The summed E-state index contributed by atoms with van der Waals surface area (Å²) >= 11 is 5.68. The Morgan fingerprint density at radius 1 is 1.55 bits per heavy atom. The van der Waals surface area contributed by atoms with Gasteiger partial charge in [-0.3, -0.25) is 0 Å². The highest BCUT2D eigenvalue weighted by atomic mass is 35.7. The number of hydrogen-bond acceptors (Lipinski definition) is 1. The molecule has 0 spiro atoms. The molecule has 1 rings (SSSR count). The van der Waals surface area contributed by atoms with Gasteiger partial charge < -0.3 is 0 Å². The van der Waals surface area contributed by atoms with Crippen LogP contribution in [0.25, 0.3) is 0 Å². The first kappa shape index (κ1) is 8.53. The molecule has 56 valence electrons. The van der Waals surface area contributed by atoms with Gasteiger partial charge >= 0.3 is 0 Å². The average molecular weight is 184 g/mol. The summed E-state index contributed by atoms with van der Waals surface area (Å²) in [5.74, 6) is 0. The first-order valence-corrected chi connectivity index (χ1v) is 5.16. The molecule has 0 amide bonds. The fraction of sp³-hybridized carbons (Fsp3) is 0.125. The van der Waals surface area contributed by atoms with E-state index in [1.807, 2.05) is 19.1 Å². The van der Waals surface area contributed by atoms with Crippen molar-refractivity contribution in [3.05, 3.63) is 29.3 Å². The summed E-state index contributed by atoms with van der Waals surface area (Å²) in [6.07, 6.45) is 0. The average Bonchev–Trinajstić information content (AvgIpc) is 2.05. The van der Waals surface area contributed by atoms with E-state index >= 15 is 0 Å². The van der Waals surface area contributed by atoms with E-state index in [0.29, 0.717) is 5.56 Å². The molecule has 11 heavy (non-hydrogen) atoms.